The molecule has 744 valence electrons. The van der Waals surface area contributed by atoms with Gasteiger partial charge in [0.25, 0.3) is 17.7 Å². The SMILES string of the molecule is CC(C)(C)OC(=O)Nc1nn(C(=O)OC(C)(C)C)c2ncc(B(O)O)cc12.C[C@H](NC(=O)c1nc(C#N)cnc1N[C@H](C)c1ccc(-c2cnc3n[nH]c(N)c3c2)nc1)c1ccc(F)c(F)c1.C[C@H](NC(=O)c1nc(C#N)cnc1N[C@H](C)c1ccc(-c2cnc3n[nH]c(NC(=O)OC(C)(C)C)c3c2)nc1)c1ccc(F)c(F)c1.C[C@H](NC(=O)c1nc(C#N)cnc1N[C@H](C)c1ccc(Br)nc1)c1ccc(F)c(F)c1. The first-order valence-corrected chi connectivity index (χ1v) is 44.7. The Kier molecular flexibility index (Phi) is 33.5. The van der Waals surface area contributed by atoms with Crippen LogP contribution >= 0.6 is 15.9 Å². The van der Waals surface area contributed by atoms with Gasteiger partial charge in [0.1, 0.15) is 51.2 Å². The van der Waals surface area contributed by atoms with Gasteiger partial charge >= 0.3 is 25.4 Å². The number of nitrogen functional groups attached to an aromatic ring is 1. The Balaban J connectivity index is 0.000000176. The van der Waals surface area contributed by atoms with Crippen LogP contribution in [0.2, 0.25) is 0 Å². The molecule has 12 heterocycles. The molecule has 0 radical (unpaired) electrons. The van der Waals surface area contributed by atoms with Crippen molar-refractivity contribution in [3.63, 3.8) is 0 Å². The van der Waals surface area contributed by atoms with Crippen LogP contribution in [0.5, 0.6) is 0 Å². The first-order valence-electron chi connectivity index (χ1n) is 43.9. The summed E-state index contributed by atoms with van der Waals surface area (Å²) in [7, 11) is -1.78. The Morgan fingerprint density at radius 2 is 0.800 bits per heavy atom. The van der Waals surface area contributed by atoms with Gasteiger partial charge in [-0.3, -0.25) is 45.2 Å². The van der Waals surface area contributed by atoms with Crippen LogP contribution in [-0.4, -0.2) is 160 Å². The fourth-order valence-corrected chi connectivity index (χ4v) is 13.6. The largest absolute Gasteiger partial charge is 0.490 e. The maximum atomic E-state index is 13.8. The van der Waals surface area contributed by atoms with Crippen LogP contribution in [0.4, 0.5) is 75.6 Å². The number of carbonyl (C=O) groups excluding carboxylic acids is 6. The van der Waals surface area contributed by atoms with Gasteiger partial charge in [0.05, 0.1) is 82.4 Å². The number of nitrogens with two attached hydrogens (primary N) is 1. The van der Waals surface area contributed by atoms with Gasteiger partial charge in [-0.1, -0.05) is 36.4 Å². The number of carbonyl (C=O) groups is 6. The molecule has 0 saturated carbocycles. The lowest BCUT2D eigenvalue weighted by Crippen LogP contribution is -2.30. The predicted octanol–water partition coefficient (Wildman–Crippen LogP) is 15.9. The van der Waals surface area contributed by atoms with E-state index in [0.717, 1.165) is 63.3 Å². The molecule has 0 saturated heterocycles. The third kappa shape index (κ3) is 28.0. The Bertz CT molecular complexity index is 7500. The number of H-pyrrole nitrogens is 2. The van der Waals surface area contributed by atoms with Crippen LogP contribution in [0.3, 0.4) is 0 Å². The Labute approximate surface area is 831 Å². The monoisotopic (exact) mass is 2040 g/mol. The number of pyridine rings is 6. The summed E-state index contributed by atoms with van der Waals surface area (Å²) in [6, 6.07) is 28.6. The number of ether oxygens (including phenoxy) is 3. The molecule has 49 heteroatoms. The van der Waals surface area contributed by atoms with Crippen molar-refractivity contribution < 1.29 is 79.4 Å². The van der Waals surface area contributed by atoms with Crippen molar-refractivity contribution in [2.75, 3.05) is 32.3 Å². The van der Waals surface area contributed by atoms with Gasteiger partial charge < -0.3 is 61.9 Å². The van der Waals surface area contributed by atoms with Crippen LogP contribution < -0.4 is 53.7 Å². The highest BCUT2D eigenvalue weighted by Crippen LogP contribution is 2.33. The number of fused-ring (bicyclic) bond motifs is 3. The van der Waals surface area contributed by atoms with Gasteiger partial charge in [0, 0.05) is 53.8 Å². The zero-order valence-electron chi connectivity index (χ0n) is 79.9. The van der Waals surface area contributed by atoms with Crippen LogP contribution in [0.1, 0.15) is 222 Å². The summed E-state index contributed by atoms with van der Waals surface area (Å²) in [6.45, 7) is 25.9. The third-order valence-corrected chi connectivity index (χ3v) is 21.1. The van der Waals surface area contributed by atoms with Crippen LogP contribution in [0.25, 0.3) is 55.6 Å². The van der Waals surface area contributed by atoms with Gasteiger partial charge in [-0.25, -0.2) is 90.6 Å². The zero-order chi connectivity index (χ0) is 105. The van der Waals surface area contributed by atoms with Crippen molar-refractivity contribution in [1.82, 2.24) is 106 Å². The van der Waals surface area contributed by atoms with Crippen molar-refractivity contribution in [1.29, 1.82) is 15.8 Å². The van der Waals surface area contributed by atoms with Crippen molar-refractivity contribution in [3.8, 4) is 40.7 Å². The Morgan fingerprint density at radius 3 is 1.17 bits per heavy atom. The Hall–Kier alpha value is -17.7. The summed E-state index contributed by atoms with van der Waals surface area (Å²) in [5, 5.41) is 88.2. The Morgan fingerprint density at radius 1 is 0.421 bits per heavy atom. The lowest BCUT2D eigenvalue weighted by Gasteiger charge is -2.19. The van der Waals surface area contributed by atoms with E-state index in [1.165, 1.54) is 49.1 Å². The molecular weight excluding hydrogens is 1950 g/mol. The number of nitriles is 3. The number of aromatic nitrogens is 18. The molecule has 0 aliphatic heterocycles. The number of hydrogen-bond donors (Lipinski definition) is 13. The topological polar surface area (TPSA) is 594 Å². The quantitative estimate of drug-likeness (QED) is 0.0122. The van der Waals surface area contributed by atoms with E-state index in [1.54, 1.807) is 132 Å². The van der Waals surface area contributed by atoms with E-state index in [-0.39, 0.29) is 86.0 Å². The second kappa shape index (κ2) is 45.7. The molecule has 0 aliphatic rings. The molecule has 0 bridgehead atoms. The highest BCUT2D eigenvalue weighted by molar-refractivity contribution is 9.10. The van der Waals surface area contributed by atoms with Crippen molar-refractivity contribution in [2.24, 2.45) is 0 Å². The molecule has 14 N–H and O–H groups in total. The maximum Gasteiger partial charge on any atom is 0.490 e. The molecule has 15 aromatic rings. The number of amides is 5. The second-order valence-corrected chi connectivity index (χ2v) is 36.0. The summed E-state index contributed by atoms with van der Waals surface area (Å²) in [5.41, 5.74) is 10.4. The minimum absolute atomic E-state index is 0.0277. The number of aromatic amines is 2. The molecule has 145 heavy (non-hydrogen) atoms. The number of halogens is 7. The minimum atomic E-state index is -1.78. The summed E-state index contributed by atoms with van der Waals surface area (Å²) in [4.78, 5) is 127. The van der Waals surface area contributed by atoms with Crippen LogP contribution in [0, 0.1) is 68.9 Å². The molecule has 5 amide bonds. The van der Waals surface area contributed by atoms with Gasteiger partial charge in [0.15, 0.2) is 109 Å². The first-order chi connectivity index (χ1) is 68.6. The van der Waals surface area contributed by atoms with E-state index in [1.807, 2.05) is 69.3 Å². The average molecular weight is 2050 g/mol. The standard InChI is InChI=1S/C32H30F2N10O3.C27H22F2N10O.C21H17BrF2N6O.C16H23BN4O6/c1-16(18-6-8-23(33)24(34)11-18)40-30(45)26-29(38-15-21(12-35)41-26)39-17(2)19-7-9-25(36-13-19)20-10-22-27(37-14-20)43-44-28(22)42-31(46)47-32(3,4)5;1-13(15-3-5-20(28)21(29)8-15)36-27(40)23-26(34-12-18(9-30)37-23)35-14(2)16-4-6-22(32-10-16)17-7-19-24(31)38-39-25(19)33-11-17;1-11(13-3-5-16(23)17(24)7-13)29-21(31)19-20(27-10-15(8-25)30-19)28-12(2)14-4-6-18(22)26-9-14;1-15(2,3)26-13(22)19-11-10-7-9(17(24)25)8-18-12(10)21(20-11)14(23)27-16(4,5)6/h6-11,13-17H,1-5H3,(H,38,39)(H,40,45)(H2,37,42,43,44,46);3-8,10-14H,1-2H3,(H,34,35)(H,36,40)(H3,31,33,38,39);3-7,9-12H,1-2H3,(H,27,28)(H,29,31);7-8,24-25H,1-6H3,(H,19,20,22)/t16-,17+;13-,14+;11-,12+;/m000./s1. The second-order valence-electron chi connectivity index (χ2n) is 35.2. The number of rotatable bonds is 23. The van der Waals surface area contributed by atoms with E-state index >= 15 is 0 Å². The van der Waals surface area contributed by atoms with E-state index < -0.39 is 119 Å². The molecule has 3 aromatic carbocycles. The van der Waals surface area contributed by atoms with Gasteiger partial charge in [0.2, 0.25) is 0 Å². The van der Waals surface area contributed by atoms with Crippen molar-refractivity contribution in [3.05, 3.63) is 272 Å². The number of hydrogen-bond acceptors (Lipinski definition) is 33. The zero-order valence-corrected chi connectivity index (χ0v) is 81.5. The summed E-state index contributed by atoms with van der Waals surface area (Å²) in [6.07, 6.45) is 11.0. The molecule has 15 rings (SSSR count). The summed E-state index contributed by atoms with van der Waals surface area (Å²) < 4.78 is 98.2. The lowest BCUT2D eigenvalue weighted by atomic mass is 9.81. The normalized spacial score (nSPS) is 12.4. The van der Waals surface area contributed by atoms with E-state index in [9.17, 15) is 75.7 Å². The molecule has 0 aliphatic carbocycles. The highest BCUT2D eigenvalue weighted by Gasteiger charge is 2.31. The molecule has 6 atom stereocenters. The van der Waals surface area contributed by atoms with E-state index in [0.29, 0.717) is 71.9 Å². The molecule has 0 fully saturated rings. The fourth-order valence-electron chi connectivity index (χ4n) is 13.4. The molecule has 0 unspecified atom stereocenters. The van der Waals surface area contributed by atoms with Gasteiger partial charge in [-0.2, -0.15) is 26.0 Å². The third-order valence-electron chi connectivity index (χ3n) is 20.7. The smallest absolute Gasteiger partial charge is 0.444 e. The predicted molar refractivity (Wildman–Crippen MR) is 522 cm³/mol. The van der Waals surface area contributed by atoms with E-state index in [2.05, 4.69) is 144 Å². The molecule has 12 aromatic heterocycles. The molecular formula is C96H92BBrF6N30O11. The highest BCUT2D eigenvalue weighted by atomic mass is 79.9. The molecule has 41 nitrogen and oxygen atoms in total. The maximum absolute atomic E-state index is 13.8. The first kappa shape index (κ1) is 106. The van der Waals surface area contributed by atoms with Gasteiger partial charge in [-0.15, -0.1) is 9.78 Å². The number of nitrogens with zero attached hydrogens (tertiary/aromatic N) is 19. The van der Waals surface area contributed by atoms with E-state index in [4.69, 9.17) is 25.2 Å². The number of benzene rings is 3. The number of nitrogens with one attached hydrogen (secondary N) is 10. The summed E-state index contributed by atoms with van der Waals surface area (Å²) in [5.74, 6) is -6.83. The van der Waals surface area contributed by atoms with Crippen LogP contribution in [-0.2, 0) is 14.2 Å². The minimum Gasteiger partial charge on any atom is -0.444 e. The molecule has 0 spiro atoms. The van der Waals surface area contributed by atoms with Crippen molar-refractivity contribution in [2.45, 2.75) is 157 Å². The lowest BCUT2D eigenvalue weighted by molar-refractivity contribution is 0.0517. The average Bonchev–Trinajstić information content (AvgIpc) is 1.59. The fraction of sp³-hybridized carbons (Fsp3) is 0.250. The van der Waals surface area contributed by atoms with Crippen molar-refractivity contribution >= 4 is 133 Å². The summed E-state index contributed by atoms with van der Waals surface area (Å²) >= 11 is 3.28. The number of anilines is 6. The van der Waals surface area contributed by atoms with Gasteiger partial charge in [-0.05, 0) is 226 Å². The van der Waals surface area contributed by atoms with Crippen LogP contribution in [0.15, 0.2) is 170 Å².